The van der Waals surface area contributed by atoms with Crippen LogP contribution in [0.5, 0.6) is 0 Å². The van der Waals surface area contributed by atoms with E-state index in [0.717, 1.165) is 5.56 Å². The molecule has 1 fully saturated rings. The number of nitrogens with zero attached hydrogens (tertiary/aromatic N) is 1. The van der Waals surface area contributed by atoms with Crippen LogP contribution in [-0.4, -0.2) is 20.0 Å². The van der Waals surface area contributed by atoms with Crippen LogP contribution in [0, 0.1) is 11.3 Å². The van der Waals surface area contributed by atoms with Crippen LogP contribution in [0.2, 0.25) is 0 Å². The van der Waals surface area contributed by atoms with Crippen molar-refractivity contribution in [1.29, 1.82) is 5.26 Å². The molecule has 1 saturated carbocycles. The average Bonchev–Trinajstić information content (AvgIpc) is 2.39. The molecule has 0 atom stereocenters. The van der Waals surface area contributed by atoms with Gasteiger partial charge in [-0.15, -0.1) is 0 Å². The predicted octanol–water partition coefficient (Wildman–Crippen LogP) is 3.53. The summed E-state index contributed by atoms with van der Waals surface area (Å²) in [4.78, 5) is 0. The van der Waals surface area contributed by atoms with Gasteiger partial charge in [0, 0.05) is 27.1 Å². The molecule has 0 N–H and O–H groups in total. The lowest BCUT2D eigenvalue weighted by Gasteiger charge is -2.50. The Balaban J connectivity index is 2.26. The van der Waals surface area contributed by atoms with Gasteiger partial charge >= 0.3 is 0 Å². The second kappa shape index (κ2) is 4.87. The van der Waals surface area contributed by atoms with E-state index in [2.05, 4.69) is 51.1 Å². The smallest absolute Gasteiger partial charge is 0.171 e. The van der Waals surface area contributed by atoms with Crippen molar-refractivity contribution in [3.63, 3.8) is 0 Å². The van der Waals surface area contributed by atoms with Gasteiger partial charge in [0.05, 0.1) is 11.5 Å². The van der Waals surface area contributed by atoms with Crippen LogP contribution in [0.25, 0.3) is 0 Å². The highest BCUT2D eigenvalue weighted by Crippen LogP contribution is 2.52. The molecule has 1 aromatic rings. The van der Waals surface area contributed by atoms with Gasteiger partial charge in [-0.1, -0.05) is 45.0 Å². The minimum Gasteiger partial charge on any atom is -0.353 e. The van der Waals surface area contributed by atoms with Gasteiger partial charge in [0.15, 0.2) is 5.79 Å². The number of ether oxygens (including phenoxy) is 2. The summed E-state index contributed by atoms with van der Waals surface area (Å²) in [6, 6.07) is 10.8. The molecule has 3 heteroatoms. The first-order valence-electron chi connectivity index (χ1n) is 6.93. The van der Waals surface area contributed by atoms with Gasteiger partial charge < -0.3 is 9.47 Å². The highest BCUT2D eigenvalue weighted by Gasteiger charge is 2.57. The van der Waals surface area contributed by atoms with Gasteiger partial charge in [-0.3, -0.25) is 0 Å². The van der Waals surface area contributed by atoms with Gasteiger partial charge in [0.25, 0.3) is 0 Å². The Morgan fingerprint density at radius 1 is 1.05 bits per heavy atom. The van der Waals surface area contributed by atoms with E-state index in [9.17, 15) is 5.26 Å². The lowest BCUT2D eigenvalue weighted by molar-refractivity contribution is -0.269. The molecule has 0 saturated heterocycles. The third-order valence-electron chi connectivity index (χ3n) is 4.40. The van der Waals surface area contributed by atoms with E-state index in [1.807, 2.05) is 0 Å². The van der Waals surface area contributed by atoms with E-state index < -0.39 is 11.2 Å². The zero-order valence-corrected chi connectivity index (χ0v) is 13.0. The maximum absolute atomic E-state index is 9.58. The van der Waals surface area contributed by atoms with E-state index in [0.29, 0.717) is 12.8 Å². The van der Waals surface area contributed by atoms with E-state index in [1.165, 1.54) is 5.56 Å². The van der Waals surface area contributed by atoms with Crippen molar-refractivity contribution in [2.24, 2.45) is 0 Å². The van der Waals surface area contributed by atoms with E-state index in [4.69, 9.17) is 9.47 Å². The number of hydrogen-bond donors (Lipinski definition) is 0. The molecular formula is C17H23NO2. The van der Waals surface area contributed by atoms with Crippen molar-refractivity contribution in [2.75, 3.05) is 14.2 Å². The Kier molecular flexibility index (Phi) is 3.66. The Labute approximate surface area is 121 Å². The minimum atomic E-state index is -0.599. The van der Waals surface area contributed by atoms with Gasteiger partial charge in [-0.05, 0) is 16.5 Å². The Morgan fingerprint density at radius 3 is 1.90 bits per heavy atom. The summed E-state index contributed by atoms with van der Waals surface area (Å²) in [6.45, 7) is 6.56. The van der Waals surface area contributed by atoms with Gasteiger partial charge in [-0.2, -0.15) is 5.26 Å². The highest BCUT2D eigenvalue weighted by atomic mass is 16.7. The molecule has 1 aliphatic carbocycles. The normalized spacial score (nSPS) is 20.0. The number of methoxy groups -OCH3 is 2. The lowest BCUT2D eigenvalue weighted by Crippen LogP contribution is -2.56. The summed E-state index contributed by atoms with van der Waals surface area (Å²) < 4.78 is 10.8. The Morgan fingerprint density at radius 2 is 1.55 bits per heavy atom. The monoisotopic (exact) mass is 273 g/mol. The summed E-state index contributed by atoms with van der Waals surface area (Å²) in [6.07, 6.45) is 1.16. The standard InChI is InChI=1S/C17H23NO2/c1-15(2,3)13-6-8-14(9-7-13)16(12-18)10-17(11-16,19-4)20-5/h6-9H,10-11H2,1-5H3. The molecule has 0 bridgehead atoms. The molecule has 1 aliphatic rings. The quantitative estimate of drug-likeness (QED) is 0.791. The Hall–Kier alpha value is -1.37. The third-order valence-corrected chi connectivity index (χ3v) is 4.40. The van der Waals surface area contributed by atoms with Gasteiger partial charge in [0.2, 0.25) is 0 Å². The average molecular weight is 273 g/mol. The molecule has 108 valence electrons. The van der Waals surface area contributed by atoms with E-state index >= 15 is 0 Å². The third kappa shape index (κ3) is 2.34. The largest absolute Gasteiger partial charge is 0.353 e. The molecule has 3 nitrogen and oxygen atoms in total. The summed E-state index contributed by atoms with van der Waals surface area (Å²) in [7, 11) is 3.26. The molecule has 0 unspecified atom stereocenters. The van der Waals surface area contributed by atoms with Crippen molar-refractivity contribution in [2.45, 2.75) is 50.2 Å². The summed E-state index contributed by atoms with van der Waals surface area (Å²) in [5, 5.41) is 9.58. The first-order chi connectivity index (χ1) is 9.31. The molecule has 0 spiro atoms. The van der Waals surface area contributed by atoms with Crippen molar-refractivity contribution >= 4 is 0 Å². The van der Waals surface area contributed by atoms with Crippen LogP contribution in [0.3, 0.4) is 0 Å². The zero-order valence-electron chi connectivity index (χ0n) is 13.0. The number of nitriles is 1. The fourth-order valence-electron chi connectivity index (χ4n) is 2.88. The lowest BCUT2D eigenvalue weighted by atomic mass is 9.61. The first-order valence-corrected chi connectivity index (χ1v) is 6.93. The molecule has 1 aromatic carbocycles. The van der Waals surface area contributed by atoms with Crippen molar-refractivity contribution in [3.05, 3.63) is 35.4 Å². The van der Waals surface area contributed by atoms with Gasteiger partial charge in [0.1, 0.15) is 0 Å². The SMILES string of the molecule is COC1(OC)CC(C#N)(c2ccc(C(C)(C)C)cc2)C1. The summed E-state index contributed by atoms with van der Waals surface area (Å²) >= 11 is 0. The fourth-order valence-corrected chi connectivity index (χ4v) is 2.88. The van der Waals surface area contributed by atoms with Gasteiger partial charge in [-0.25, -0.2) is 0 Å². The second-order valence-electron chi connectivity index (χ2n) is 6.69. The Bertz CT molecular complexity index is 507. The van der Waals surface area contributed by atoms with Crippen LogP contribution < -0.4 is 0 Å². The minimum absolute atomic E-state index is 0.126. The molecule has 2 rings (SSSR count). The summed E-state index contributed by atoms with van der Waals surface area (Å²) in [5.41, 5.74) is 1.97. The molecule has 0 radical (unpaired) electrons. The van der Waals surface area contributed by atoms with Crippen LogP contribution in [0.15, 0.2) is 24.3 Å². The maximum atomic E-state index is 9.58. The number of hydrogen-bond acceptors (Lipinski definition) is 3. The van der Waals surface area contributed by atoms with Crippen LogP contribution in [-0.2, 0) is 20.3 Å². The van der Waals surface area contributed by atoms with Crippen LogP contribution in [0.4, 0.5) is 0 Å². The van der Waals surface area contributed by atoms with Crippen LogP contribution in [0.1, 0.15) is 44.7 Å². The fraction of sp³-hybridized carbons (Fsp3) is 0.588. The predicted molar refractivity (Wildman–Crippen MR) is 78.4 cm³/mol. The van der Waals surface area contributed by atoms with E-state index in [-0.39, 0.29) is 5.41 Å². The van der Waals surface area contributed by atoms with E-state index in [1.54, 1.807) is 14.2 Å². The molecular weight excluding hydrogens is 250 g/mol. The molecule has 0 aliphatic heterocycles. The molecule has 0 aromatic heterocycles. The zero-order chi connectivity index (χ0) is 15.0. The van der Waals surface area contributed by atoms with Crippen molar-refractivity contribution < 1.29 is 9.47 Å². The summed E-state index contributed by atoms with van der Waals surface area (Å²) in [5.74, 6) is -0.599. The van der Waals surface area contributed by atoms with Crippen LogP contribution >= 0.6 is 0 Å². The number of benzene rings is 1. The van der Waals surface area contributed by atoms with Crippen molar-refractivity contribution in [1.82, 2.24) is 0 Å². The second-order valence-corrected chi connectivity index (χ2v) is 6.69. The first kappa shape index (κ1) is 15.0. The topological polar surface area (TPSA) is 42.2 Å². The van der Waals surface area contributed by atoms with Crippen molar-refractivity contribution in [3.8, 4) is 6.07 Å². The molecule has 0 amide bonds. The highest BCUT2D eigenvalue weighted by molar-refractivity contribution is 5.40. The molecule has 0 heterocycles. The number of rotatable bonds is 3. The molecule has 20 heavy (non-hydrogen) atoms. The maximum Gasteiger partial charge on any atom is 0.171 e.